The summed E-state index contributed by atoms with van der Waals surface area (Å²) in [6.07, 6.45) is -4.49. The summed E-state index contributed by atoms with van der Waals surface area (Å²) in [6, 6.07) is 14.8. The van der Waals surface area contributed by atoms with Gasteiger partial charge in [-0.2, -0.15) is 5.10 Å². The van der Waals surface area contributed by atoms with Crippen LogP contribution >= 0.6 is 0 Å². The molecule has 3 aromatic carbocycles. The van der Waals surface area contributed by atoms with E-state index in [0.29, 0.717) is 35.4 Å². The van der Waals surface area contributed by atoms with Gasteiger partial charge in [0.2, 0.25) is 0 Å². The molecule has 0 radical (unpaired) electrons. The fraction of sp³-hybridized carbons (Fsp3) is 0.160. The molecule has 3 aromatic rings. The lowest BCUT2D eigenvalue weighted by Crippen LogP contribution is -2.41. The lowest BCUT2D eigenvalue weighted by Gasteiger charge is -2.24. The summed E-state index contributed by atoms with van der Waals surface area (Å²) in [6.45, 7) is 0.355. The van der Waals surface area contributed by atoms with Gasteiger partial charge in [0.15, 0.2) is 0 Å². The van der Waals surface area contributed by atoms with Crippen LogP contribution in [0.4, 0.5) is 28.0 Å². The lowest BCUT2D eigenvalue weighted by molar-refractivity contribution is -0.274. The average molecular weight is 498 g/mol. The van der Waals surface area contributed by atoms with Crippen LogP contribution in [0.5, 0.6) is 5.75 Å². The standard InChI is InChI=1S/C25H18F4N4O3/c26-16-5-10-19-15(11-16)12-21(33-13-14-3-1-2-4-20(14)23(33)34)22(19)31-32-24(35)30-17-6-8-18(9-7-17)36-25(27,28)29/h1-11,21H,12-13H2,(H2,30,32,35)/b31-22+. The molecule has 0 aromatic heterocycles. The third kappa shape index (κ3) is 4.72. The van der Waals surface area contributed by atoms with Crippen molar-refractivity contribution in [3.8, 4) is 5.75 Å². The van der Waals surface area contributed by atoms with Gasteiger partial charge in [0.1, 0.15) is 11.6 Å². The Labute approximate surface area is 202 Å². The molecular formula is C25H18F4N4O3. The van der Waals surface area contributed by atoms with E-state index in [1.165, 1.54) is 24.3 Å². The van der Waals surface area contributed by atoms with Crippen LogP contribution in [-0.4, -0.2) is 35.0 Å². The summed E-state index contributed by atoms with van der Waals surface area (Å²) in [7, 11) is 0. The number of amides is 3. The van der Waals surface area contributed by atoms with Crippen molar-refractivity contribution in [1.82, 2.24) is 10.3 Å². The van der Waals surface area contributed by atoms with E-state index in [1.54, 1.807) is 23.1 Å². The molecule has 0 saturated heterocycles. The van der Waals surface area contributed by atoms with Gasteiger partial charge in [-0.15, -0.1) is 13.2 Å². The maximum Gasteiger partial charge on any atom is 0.573 e. The number of nitrogens with zero attached hydrogens (tertiary/aromatic N) is 2. The predicted octanol–water partition coefficient (Wildman–Crippen LogP) is 4.83. The van der Waals surface area contributed by atoms with Crippen molar-refractivity contribution in [3.63, 3.8) is 0 Å². The van der Waals surface area contributed by atoms with Gasteiger partial charge in [-0.1, -0.05) is 18.2 Å². The first-order valence-electron chi connectivity index (χ1n) is 10.9. The summed E-state index contributed by atoms with van der Waals surface area (Å²) in [5.41, 5.74) is 5.69. The number of rotatable bonds is 4. The molecule has 0 bridgehead atoms. The van der Waals surface area contributed by atoms with E-state index in [1.807, 2.05) is 12.1 Å². The lowest BCUT2D eigenvalue weighted by atomic mass is 10.1. The highest BCUT2D eigenvalue weighted by Gasteiger charge is 2.40. The van der Waals surface area contributed by atoms with Crippen molar-refractivity contribution >= 4 is 23.3 Å². The highest BCUT2D eigenvalue weighted by atomic mass is 19.4. The minimum absolute atomic E-state index is 0.179. The molecule has 2 aliphatic rings. The molecule has 1 unspecified atom stereocenters. The first kappa shape index (κ1) is 23.3. The minimum atomic E-state index is -4.82. The van der Waals surface area contributed by atoms with Crippen LogP contribution in [0.2, 0.25) is 0 Å². The summed E-state index contributed by atoms with van der Waals surface area (Å²) < 4.78 is 54.6. The third-order valence-electron chi connectivity index (χ3n) is 5.92. The molecule has 36 heavy (non-hydrogen) atoms. The zero-order valence-electron chi connectivity index (χ0n) is 18.5. The van der Waals surface area contributed by atoms with Gasteiger partial charge in [-0.3, -0.25) is 4.79 Å². The molecule has 0 fully saturated rings. The van der Waals surface area contributed by atoms with Gasteiger partial charge in [-0.25, -0.2) is 14.6 Å². The number of hydrogen-bond donors (Lipinski definition) is 2. The van der Waals surface area contributed by atoms with Crippen LogP contribution in [0, 0.1) is 5.82 Å². The molecule has 1 atom stereocenters. The number of fused-ring (bicyclic) bond motifs is 2. The topological polar surface area (TPSA) is 83.0 Å². The predicted molar refractivity (Wildman–Crippen MR) is 122 cm³/mol. The van der Waals surface area contributed by atoms with Gasteiger partial charge >= 0.3 is 12.4 Å². The molecule has 0 saturated carbocycles. The third-order valence-corrected chi connectivity index (χ3v) is 5.92. The fourth-order valence-corrected chi connectivity index (χ4v) is 4.40. The number of urea groups is 1. The van der Waals surface area contributed by atoms with Crippen LogP contribution in [-0.2, 0) is 13.0 Å². The second kappa shape index (κ2) is 8.99. The van der Waals surface area contributed by atoms with E-state index in [0.717, 1.165) is 17.7 Å². The van der Waals surface area contributed by atoms with Crippen LogP contribution in [0.25, 0.3) is 0 Å². The molecular weight excluding hydrogens is 480 g/mol. The smallest absolute Gasteiger partial charge is 0.406 e. The quantitative estimate of drug-likeness (QED) is 0.399. The van der Waals surface area contributed by atoms with E-state index in [4.69, 9.17) is 0 Å². The number of benzene rings is 3. The zero-order chi connectivity index (χ0) is 25.4. The minimum Gasteiger partial charge on any atom is -0.406 e. The molecule has 7 nitrogen and oxygen atoms in total. The zero-order valence-corrected chi connectivity index (χ0v) is 18.5. The number of carbonyl (C=O) groups excluding carboxylic acids is 2. The summed E-state index contributed by atoms with van der Waals surface area (Å²) in [5.74, 6) is -1.03. The monoisotopic (exact) mass is 498 g/mol. The molecule has 1 heterocycles. The summed E-state index contributed by atoms with van der Waals surface area (Å²) >= 11 is 0. The Bertz CT molecular complexity index is 1370. The van der Waals surface area contributed by atoms with Crippen molar-refractivity contribution in [1.29, 1.82) is 0 Å². The summed E-state index contributed by atoms with van der Waals surface area (Å²) in [4.78, 5) is 27.1. The average Bonchev–Trinajstić information content (AvgIpc) is 3.35. The molecule has 3 amide bonds. The second-order valence-corrected chi connectivity index (χ2v) is 8.25. The number of carbonyl (C=O) groups is 2. The first-order valence-corrected chi connectivity index (χ1v) is 10.9. The van der Waals surface area contributed by atoms with Crippen molar-refractivity contribution in [2.24, 2.45) is 5.10 Å². The first-order chi connectivity index (χ1) is 17.2. The van der Waals surface area contributed by atoms with E-state index in [-0.39, 0.29) is 11.6 Å². The van der Waals surface area contributed by atoms with E-state index in [2.05, 4.69) is 20.6 Å². The molecule has 11 heteroatoms. The Morgan fingerprint density at radius 3 is 2.47 bits per heavy atom. The fourth-order valence-electron chi connectivity index (χ4n) is 4.40. The van der Waals surface area contributed by atoms with Gasteiger partial charge in [0, 0.05) is 23.4 Å². The van der Waals surface area contributed by atoms with E-state index >= 15 is 0 Å². The maximum absolute atomic E-state index is 13.9. The number of anilines is 1. The van der Waals surface area contributed by atoms with E-state index < -0.39 is 30.0 Å². The Morgan fingerprint density at radius 2 is 1.75 bits per heavy atom. The van der Waals surface area contributed by atoms with Crippen LogP contribution in [0.1, 0.15) is 27.0 Å². The number of halogens is 4. The highest BCUT2D eigenvalue weighted by Crippen LogP contribution is 2.33. The van der Waals surface area contributed by atoms with Gasteiger partial charge in [0.05, 0.1) is 11.8 Å². The maximum atomic E-state index is 13.9. The molecule has 2 N–H and O–H groups in total. The van der Waals surface area contributed by atoms with Gasteiger partial charge in [-0.05, 0) is 66.1 Å². The Kier molecular flexibility index (Phi) is 5.83. The number of hydrogen-bond acceptors (Lipinski definition) is 4. The number of nitrogens with one attached hydrogen (secondary N) is 2. The van der Waals surface area contributed by atoms with E-state index in [9.17, 15) is 27.2 Å². The molecule has 184 valence electrons. The van der Waals surface area contributed by atoms with Crippen LogP contribution < -0.4 is 15.5 Å². The molecule has 0 spiro atoms. The second-order valence-electron chi connectivity index (χ2n) is 8.25. The van der Waals surface area contributed by atoms with Crippen LogP contribution in [0.3, 0.4) is 0 Å². The van der Waals surface area contributed by atoms with Gasteiger partial charge < -0.3 is 15.0 Å². The molecule has 1 aliphatic heterocycles. The Morgan fingerprint density at radius 1 is 1.00 bits per heavy atom. The Hall–Kier alpha value is -4.41. The number of hydrazone groups is 1. The van der Waals surface area contributed by atoms with Gasteiger partial charge in [0.25, 0.3) is 5.91 Å². The number of alkyl halides is 3. The van der Waals surface area contributed by atoms with Crippen LogP contribution in [0.15, 0.2) is 71.8 Å². The normalized spacial score (nSPS) is 17.7. The highest BCUT2D eigenvalue weighted by molar-refractivity contribution is 6.12. The largest absolute Gasteiger partial charge is 0.573 e. The molecule has 1 aliphatic carbocycles. The summed E-state index contributed by atoms with van der Waals surface area (Å²) in [5, 5.41) is 6.71. The SMILES string of the molecule is O=C(N/N=C1\c2ccc(F)cc2CC1N1Cc2ccccc2C1=O)Nc1ccc(OC(F)(F)F)cc1. The Balaban J connectivity index is 1.34. The van der Waals surface area contributed by atoms with Crippen molar-refractivity contribution in [2.45, 2.75) is 25.4 Å². The van der Waals surface area contributed by atoms with Crippen molar-refractivity contribution in [3.05, 3.63) is 94.8 Å². The number of ether oxygens (including phenoxy) is 1. The van der Waals surface area contributed by atoms with Crippen molar-refractivity contribution < 1.29 is 31.9 Å². The van der Waals surface area contributed by atoms with Crippen molar-refractivity contribution in [2.75, 3.05) is 5.32 Å². The molecule has 5 rings (SSSR count).